The molecule has 2 rings (SSSR count). The van der Waals surface area contributed by atoms with E-state index >= 15 is 0 Å². The molecule has 0 bridgehead atoms. The number of carbonyl (C=O) groups excluding carboxylic acids is 1. The molecule has 5 nitrogen and oxygen atoms in total. The van der Waals surface area contributed by atoms with Crippen molar-refractivity contribution in [2.45, 2.75) is 58.4 Å². The van der Waals surface area contributed by atoms with Crippen molar-refractivity contribution in [3.8, 4) is 0 Å². The molecular formula is C15H26N2O3. The second-order valence-electron chi connectivity index (χ2n) is 6.88. The molecule has 1 N–H and O–H groups in total. The summed E-state index contributed by atoms with van der Waals surface area (Å²) < 4.78 is 0. The first kappa shape index (κ1) is 15.1. The third-order valence-corrected chi connectivity index (χ3v) is 5.09. The lowest BCUT2D eigenvalue weighted by atomic mass is 9.83. The number of aliphatic carboxylic acids is 1. The molecule has 5 heteroatoms. The van der Waals surface area contributed by atoms with Crippen LogP contribution < -0.4 is 0 Å². The monoisotopic (exact) mass is 282 g/mol. The van der Waals surface area contributed by atoms with Crippen LogP contribution in [0.1, 0.15) is 52.9 Å². The van der Waals surface area contributed by atoms with Crippen LogP contribution in [0, 0.1) is 5.41 Å². The van der Waals surface area contributed by atoms with Crippen LogP contribution in [0.2, 0.25) is 0 Å². The van der Waals surface area contributed by atoms with E-state index < -0.39 is 11.5 Å². The summed E-state index contributed by atoms with van der Waals surface area (Å²) >= 11 is 0. The summed E-state index contributed by atoms with van der Waals surface area (Å²) in [6.45, 7) is 8.35. The highest BCUT2D eigenvalue weighted by atomic mass is 16.4. The van der Waals surface area contributed by atoms with E-state index in [4.69, 9.17) is 0 Å². The van der Waals surface area contributed by atoms with Crippen molar-refractivity contribution < 1.29 is 14.7 Å². The van der Waals surface area contributed by atoms with E-state index in [-0.39, 0.29) is 11.4 Å². The number of carboxylic acids is 1. The summed E-state index contributed by atoms with van der Waals surface area (Å²) in [6.07, 6.45) is 3.81. The van der Waals surface area contributed by atoms with Gasteiger partial charge >= 0.3 is 12.0 Å². The molecule has 2 aliphatic rings. The van der Waals surface area contributed by atoms with Gasteiger partial charge in [0.1, 0.15) is 5.54 Å². The second-order valence-corrected chi connectivity index (χ2v) is 6.88. The van der Waals surface area contributed by atoms with Gasteiger partial charge in [0.05, 0.1) is 0 Å². The highest BCUT2D eigenvalue weighted by molar-refractivity contribution is 5.87. The lowest BCUT2D eigenvalue weighted by Gasteiger charge is -2.42. The second kappa shape index (κ2) is 5.26. The van der Waals surface area contributed by atoms with Gasteiger partial charge in [-0.3, -0.25) is 0 Å². The van der Waals surface area contributed by atoms with Crippen LogP contribution in [0.3, 0.4) is 0 Å². The molecule has 1 atom stereocenters. The maximum Gasteiger partial charge on any atom is 0.329 e. The van der Waals surface area contributed by atoms with Crippen molar-refractivity contribution in [2.75, 3.05) is 19.6 Å². The minimum absolute atomic E-state index is 0.0812. The van der Waals surface area contributed by atoms with E-state index in [0.29, 0.717) is 19.4 Å². The zero-order valence-electron chi connectivity index (χ0n) is 12.8. The molecule has 2 fully saturated rings. The number of likely N-dealkylation sites (tertiary alicyclic amines) is 2. The van der Waals surface area contributed by atoms with Crippen molar-refractivity contribution >= 4 is 12.0 Å². The first-order chi connectivity index (χ1) is 9.32. The van der Waals surface area contributed by atoms with Gasteiger partial charge < -0.3 is 14.9 Å². The first-order valence-electron chi connectivity index (χ1n) is 7.62. The number of carbonyl (C=O) groups is 2. The van der Waals surface area contributed by atoms with Crippen LogP contribution in [0.25, 0.3) is 0 Å². The zero-order chi connectivity index (χ0) is 15.0. The van der Waals surface area contributed by atoms with Crippen molar-refractivity contribution in [1.82, 2.24) is 9.80 Å². The number of urea groups is 1. The minimum Gasteiger partial charge on any atom is -0.479 e. The molecule has 2 heterocycles. The van der Waals surface area contributed by atoms with Crippen LogP contribution in [0.4, 0.5) is 4.79 Å². The third-order valence-electron chi connectivity index (χ3n) is 5.09. The average Bonchev–Trinajstić information content (AvgIpc) is 2.83. The zero-order valence-corrected chi connectivity index (χ0v) is 12.8. The molecule has 0 aromatic heterocycles. The highest BCUT2D eigenvalue weighted by Gasteiger charge is 2.49. The largest absolute Gasteiger partial charge is 0.479 e. The molecule has 0 spiro atoms. The fourth-order valence-electron chi connectivity index (χ4n) is 3.37. The van der Waals surface area contributed by atoms with Crippen LogP contribution >= 0.6 is 0 Å². The maximum absolute atomic E-state index is 12.7. The summed E-state index contributed by atoms with van der Waals surface area (Å²) in [4.78, 5) is 27.8. The molecule has 20 heavy (non-hydrogen) atoms. The van der Waals surface area contributed by atoms with E-state index in [2.05, 4.69) is 13.8 Å². The Morgan fingerprint density at radius 1 is 1.10 bits per heavy atom. The third kappa shape index (κ3) is 2.50. The standard InChI is InChI=1S/C15H26N2O3/c1-4-15(12(18)19)6-5-9-17(15)13(20)16-10-7-14(2,3)8-11-16/h4-11H2,1-3H3,(H,18,19). The smallest absolute Gasteiger partial charge is 0.329 e. The number of nitrogens with zero attached hydrogens (tertiary/aromatic N) is 2. The predicted octanol–water partition coefficient (Wildman–Crippen LogP) is 2.56. The normalized spacial score (nSPS) is 29.6. The Morgan fingerprint density at radius 2 is 1.70 bits per heavy atom. The first-order valence-corrected chi connectivity index (χ1v) is 7.62. The molecule has 1 unspecified atom stereocenters. The number of piperidine rings is 1. The Kier molecular flexibility index (Phi) is 3.98. The van der Waals surface area contributed by atoms with Crippen molar-refractivity contribution in [3.05, 3.63) is 0 Å². The van der Waals surface area contributed by atoms with Crippen LogP contribution in [0.5, 0.6) is 0 Å². The SMILES string of the molecule is CCC1(C(=O)O)CCCN1C(=O)N1CCC(C)(C)CC1. The van der Waals surface area contributed by atoms with E-state index in [1.807, 2.05) is 11.8 Å². The van der Waals surface area contributed by atoms with Gasteiger partial charge in [0.15, 0.2) is 0 Å². The van der Waals surface area contributed by atoms with E-state index in [1.54, 1.807) is 4.90 Å². The Hall–Kier alpha value is -1.26. The summed E-state index contributed by atoms with van der Waals surface area (Å²) in [5.41, 5.74) is -0.694. The van der Waals surface area contributed by atoms with E-state index in [9.17, 15) is 14.7 Å². The Balaban J connectivity index is 2.11. The van der Waals surface area contributed by atoms with Crippen molar-refractivity contribution in [2.24, 2.45) is 5.41 Å². The molecule has 0 radical (unpaired) electrons. The number of rotatable bonds is 2. The summed E-state index contributed by atoms with van der Waals surface area (Å²) in [6, 6.07) is -0.0812. The van der Waals surface area contributed by atoms with Gasteiger partial charge in [0.25, 0.3) is 0 Å². The Bertz CT molecular complexity index is 398. The highest BCUT2D eigenvalue weighted by Crippen LogP contribution is 2.36. The van der Waals surface area contributed by atoms with Gasteiger partial charge in [-0.25, -0.2) is 9.59 Å². The number of hydrogen-bond acceptors (Lipinski definition) is 2. The molecule has 0 aliphatic carbocycles. The van der Waals surface area contributed by atoms with Gasteiger partial charge in [-0.15, -0.1) is 0 Å². The summed E-state index contributed by atoms with van der Waals surface area (Å²) in [5, 5.41) is 9.55. The number of hydrogen-bond donors (Lipinski definition) is 1. The Labute approximate surface area is 120 Å². The Morgan fingerprint density at radius 3 is 2.20 bits per heavy atom. The topological polar surface area (TPSA) is 60.9 Å². The molecule has 0 aromatic carbocycles. The average molecular weight is 282 g/mol. The van der Waals surface area contributed by atoms with Crippen molar-refractivity contribution in [3.63, 3.8) is 0 Å². The van der Waals surface area contributed by atoms with Gasteiger partial charge in [0, 0.05) is 19.6 Å². The molecule has 2 aliphatic heterocycles. The summed E-state index contributed by atoms with van der Waals surface area (Å²) in [7, 11) is 0. The molecule has 0 aromatic rings. The molecule has 2 amide bonds. The fraction of sp³-hybridized carbons (Fsp3) is 0.867. The van der Waals surface area contributed by atoms with Gasteiger partial charge in [0.2, 0.25) is 0 Å². The minimum atomic E-state index is -0.982. The lowest BCUT2D eigenvalue weighted by Crippen LogP contribution is -2.57. The van der Waals surface area contributed by atoms with Crippen LogP contribution in [-0.4, -0.2) is 52.1 Å². The van der Waals surface area contributed by atoms with Crippen LogP contribution in [0.15, 0.2) is 0 Å². The lowest BCUT2D eigenvalue weighted by molar-refractivity contribution is -0.148. The fourth-order valence-corrected chi connectivity index (χ4v) is 3.37. The van der Waals surface area contributed by atoms with Crippen molar-refractivity contribution in [1.29, 1.82) is 0 Å². The van der Waals surface area contributed by atoms with Gasteiger partial charge in [-0.1, -0.05) is 20.8 Å². The quantitative estimate of drug-likeness (QED) is 0.846. The van der Waals surface area contributed by atoms with Gasteiger partial charge in [-0.2, -0.15) is 0 Å². The molecule has 2 saturated heterocycles. The number of amides is 2. The molecule has 114 valence electrons. The van der Waals surface area contributed by atoms with E-state index in [1.165, 1.54) is 0 Å². The summed E-state index contributed by atoms with van der Waals surface area (Å²) in [5.74, 6) is -0.858. The molecule has 0 saturated carbocycles. The maximum atomic E-state index is 12.7. The van der Waals surface area contributed by atoms with Crippen LogP contribution in [-0.2, 0) is 4.79 Å². The number of carboxylic acid groups (broad SMARTS) is 1. The predicted molar refractivity (Wildman–Crippen MR) is 76.6 cm³/mol. The molecular weight excluding hydrogens is 256 g/mol. The van der Waals surface area contributed by atoms with E-state index in [0.717, 1.165) is 32.4 Å². The van der Waals surface area contributed by atoms with Gasteiger partial charge in [-0.05, 0) is 37.5 Å².